The van der Waals surface area contributed by atoms with Gasteiger partial charge in [0.15, 0.2) is 0 Å². The van der Waals surface area contributed by atoms with Crippen LogP contribution in [0.1, 0.15) is 0 Å². The Labute approximate surface area is 273 Å². The van der Waals surface area contributed by atoms with E-state index in [-0.39, 0.29) is 0 Å². The maximum atomic E-state index is 11.8. The van der Waals surface area contributed by atoms with Gasteiger partial charge in [-0.3, -0.25) is 0 Å². The molecule has 0 bridgehead atoms. The van der Waals surface area contributed by atoms with E-state index < -0.39 is 5.97 Å². The lowest BCUT2D eigenvalue weighted by Crippen LogP contribution is -2.13. The van der Waals surface area contributed by atoms with Crippen LogP contribution in [0.3, 0.4) is 0 Å². The normalized spacial score (nSPS) is 11.1. The molecule has 0 atom stereocenters. The minimum absolute atomic E-state index is 0.463. The first-order valence-electron chi connectivity index (χ1n) is 15.6. The van der Waals surface area contributed by atoms with Crippen molar-refractivity contribution in [2.75, 3.05) is 9.80 Å². The van der Waals surface area contributed by atoms with Crippen molar-refractivity contribution in [3.8, 4) is 5.75 Å². The Morgan fingerprint density at radius 3 is 1.66 bits per heavy atom. The zero-order chi connectivity index (χ0) is 31.7. The first-order chi connectivity index (χ1) is 23.2. The molecule has 0 spiro atoms. The predicted molar refractivity (Wildman–Crippen MR) is 195 cm³/mol. The third-order valence-corrected chi connectivity index (χ3v) is 8.60. The molecule has 0 radical (unpaired) electrons. The molecule has 4 nitrogen and oxygen atoms in total. The van der Waals surface area contributed by atoms with E-state index in [1.165, 1.54) is 32.3 Å². The van der Waals surface area contributed by atoms with Crippen LogP contribution in [-0.4, -0.2) is 5.97 Å². The number of esters is 1. The molecule has 0 unspecified atom stereocenters. The second-order valence-corrected chi connectivity index (χ2v) is 11.4. The summed E-state index contributed by atoms with van der Waals surface area (Å²) in [6.45, 7) is 3.50. The second kappa shape index (κ2) is 11.8. The largest absolute Gasteiger partial charge is 0.423 e. The number of hydrogen-bond acceptors (Lipinski definition) is 4. The summed E-state index contributed by atoms with van der Waals surface area (Å²) in [4.78, 5) is 16.4. The highest BCUT2D eigenvalue weighted by molar-refractivity contribution is 6.25. The van der Waals surface area contributed by atoms with Crippen molar-refractivity contribution in [2.45, 2.75) is 0 Å². The first-order valence-corrected chi connectivity index (χ1v) is 15.6. The van der Waals surface area contributed by atoms with Crippen LogP contribution in [-0.2, 0) is 4.79 Å². The van der Waals surface area contributed by atoms with E-state index in [4.69, 9.17) is 4.74 Å². The lowest BCUT2D eigenvalue weighted by atomic mass is 9.93. The predicted octanol–water partition coefficient (Wildman–Crippen LogP) is 11.6. The van der Waals surface area contributed by atoms with Gasteiger partial charge in [-0.25, -0.2) is 4.79 Å². The summed E-state index contributed by atoms with van der Waals surface area (Å²) in [5.74, 6) is -0.0252. The van der Waals surface area contributed by atoms with Crippen LogP contribution in [0.5, 0.6) is 5.75 Å². The first kappa shape index (κ1) is 28.1. The van der Waals surface area contributed by atoms with Gasteiger partial charge in [-0.2, -0.15) is 0 Å². The van der Waals surface area contributed by atoms with Crippen molar-refractivity contribution in [2.24, 2.45) is 0 Å². The van der Waals surface area contributed by atoms with Crippen LogP contribution in [0.25, 0.3) is 32.3 Å². The maximum Gasteiger partial charge on any atom is 0.335 e. The molecule has 0 amide bonds. The Hall–Kier alpha value is -6.39. The lowest BCUT2D eigenvalue weighted by Gasteiger charge is -2.30. The molecule has 8 rings (SSSR count). The summed E-state index contributed by atoms with van der Waals surface area (Å²) >= 11 is 0. The average molecular weight is 607 g/mol. The summed E-state index contributed by atoms with van der Waals surface area (Å²) in [5, 5.41) is 7.49. The molecule has 0 saturated heterocycles. The molecule has 8 aromatic carbocycles. The van der Waals surface area contributed by atoms with E-state index in [2.05, 4.69) is 138 Å². The molecular weight excluding hydrogens is 576 g/mol. The quantitative estimate of drug-likeness (QED) is 0.0745. The van der Waals surface area contributed by atoms with Gasteiger partial charge in [0.25, 0.3) is 0 Å². The minimum Gasteiger partial charge on any atom is -0.423 e. The van der Waals surface area contributed by atoms with Gasteiger partial charge >= 0.3 is 5.97 Å². The van der Waals surface area contributed by atoms with E-state index in [1.54, 1.807) is 12.1 Å². The van der Waals surface area contributed by atoms with Gasteiger partial charge in [-0.15, -0.1) is 0 Å². The molecule has 4 heteroatoms. The highest BCUT2D eigenvalue weighted by Gasteiger charge is 2.20. The summed E-state index contributed by atoms with van der Waals surface area (Å²) in [7, 11) is 0. The Kier molecular flexibility index (Phi) is 7.08. The summed E-state index contributed by atoms with van der Waals surface area (Å²) in [6, 6.07) is 56.9. The van der Waals surface area contributed by atoms with Crippen LogP contribution < -0.4 is 14.5 Å². The third-order valence-electron chi connectivity index (χ3n) is 8.60. The molecule has 8 aromatic rings. The van der Waals surface area contributed by atoms with Crippen LogP contribution in [0, 0.1) is 0 Å². The molecule has 0 fully saturated rings. The van der Waals surface area contributed by atoms with Gasteiger partial charge in [-0.05, 0) is 99.7 Å². The summed E-state index contributed by atoms with van der Waals surface area (Å²) < 4.78 is 5.35. The molecule has 224 valence electrons. The number of para-hydroxylation sites is 2. The van der Waals surface area contributed by atoms with Gasteiger partial charge in [0.1, 0.15) is 5.75 Å². The number of benzene rings is 8. The summed E-state index contributed by atoms with van der Waals surface area (Å²) in [5.41, 5.74) is 6.14. The van der Waals surface area contributed by atoms with Crippen molar-refractivity contribution in [1.29, 1.82) is 0 Å². The number of hydrogen-bond donors (Lipinski definition) is 0. The number of anilines is 6. The molecule has 0 N–H and O–H groups in total. The highest BCUT2D eigenvalue weighted by atomic mass is 16.5. The fraction of sp³-hybridized carbons (Fsp3) is 0. The van der Waals surface area contributed by atoms with Gasteiger partial charge in [0, 0.05) is 39.9 Å². The molecule has 0 aromatic heterocycles. The van der Waals surface area contributed by atoms with E-state index in [0.29, 0.717) is 5.75 Å². The standard InChI is InChI=1S/C43H30N2O2/c1-2-41(46)47-38-25-23-35(24-26-38)44(33-13-5-3-6-14-33)36-17-10-18-37(29-36)45(34-15-7-4-8-16-34)40-28-22-32-20-19-30-11-9-12-31-21-27-39(40)43(32)42(30)31/h2-29H,1H2. The smallest absolute Gasteiger partial charge is 0.335 e. The van der Waals surface area contributed by atoms with Crippen molar-refractivity contribution in [3.63, 3.8) is 0 Å². The van der Waals surface area contributed by atoms with Crippen LogP contribution in [0.2, 0.25) is 0 Å². The topological polar surface area (TPSA) is 32.8 Å². The number of ether oxygens (including phenoxy) is 1. The van der Waals surface area contributed by atoms with Crippen LogP contribution >= 0.6 is 0 Å². The monoisotopic (exact) mass is 606 g/mol. The molecule has 0 heterocycles. The Morgan fingerprint density at radius 2 is 1.00 bits per heavy atom. The molecule has 0 aliphatic rings. The number of carbonyl (C=O) groups is 1. The number of carbonyl (C=O) groups excluding carboxylic acids is 1. The third kappa shape index (κ3) is 5.12. The zero-order valence-electron chi connectivity index (χ0n) is 25.6. The fourth-order valence-electron chi connectivity index (χ4n) is 6.54. The maximum absolute atomic E-state index is 11.8. The molecular formula is C43H30N2O2. The van der Waals surface area contributed by atoms with E-state index in [0.717, 1.165) is 40.2 Å². The van der Waals surface area contributed by atoms with Crippen molar-refractivity contribution in [3.05, 3.63) is 176 Å². The van der Waals surface area contributed by atoms with E-state index >= 15 is 0 Å². The number of rotatable bonds is 8. The fourth-order valence-corrected chi connectivity index (χ4v) is 6.54. The molecule has 47 heavy (non-hydrogen) atoms. The lowest BCUT2D eigenvalue weighted by molar-refractivity contribution is -0.128. The van der Waals surface area contributed by atoms with Crippen LogP contribution in [0.4, 0.5) is 34.1 Å². The van der Waals surface area contributed by atoms with Gasteiger partial charge in [0.05, 0.1) is 5.69 Å². The highest BCUT2D eigenvalue weighted by Crippen LogP contribution is 2.45. The zero-order valence-corrected chi connectivity index (χ0v) is 25.6. The molecule has 0 saturated carbocycles. The van der Waals surface area contributed by atoms with Crippen molar-refractivity contribution < 1.29 is 9.53 Å². The number of nitrogens with zero attached hydrogens (tertiary/aromatic N) is 2. The van der Waals surface area contributed by atoms with Gasteiger partial charge in [-0.1, -0.05) is 97.6 Å². The summed E-state index contributed by atoms with van der Waals surface area (Å²) in [6.07, 6.45) is 1.16. The molecule has 0 aliphatic carbocycles. The van der Waals surface area contributed by atoms with Crippen molar-refractivity contribution in [1.82, 2.24) is 0 Å². The molecule has 0 aliphatic heterocycles. The van der Waals surface area contributed by atoms with Gasteiger partial charge in [0.2, 0.25) is 0 Å². The second-order valence-electron chi connectivity index (χ2n) is 11.4. The SMILES string of the molecule is C=CC(=O)Oc1ccc(N(c2ccccc2)c2cccc(N(c3ccccc3)c3ccc4ccc5cccc6ccc3c4c56)c2)cc1. The van der Waals surface area contributed by atoms with Gasteiger partial charge < -0.3 is 14.5 Å². The average Bonchev–Trinajstić information content (AvgIpc) is 3.13. The van der Waals surface area contributed by atoms with Crippen molar-refractivity contribution >= 4 is 72.4 Å². The Morgan fingerprint density at radius 1 is 0.489 bits per heavy atom. The van der Waals surface area contributed by atoms with E-state index in [1.807, 2.05) is 30.3 Å². The minimum atomic E-state index is -0.488. The Bertz CT molecular complexity index is 2350. The van der Waals surface area contributed by atoms with Crippen LogP contribution in [0.15, 0.2) is 176 Å². The Balaban J connectivity index is 1.30. The van der Waals surface area contributed by atoms with E-state index in [9.17, 15) is 4.79 Å².